The zero-order valence-electron chi connectivity index (χ0n) is 18.1. The molecule has 168 valence electrons. The zero-order chi connectivity index (χ0) is 22.8. The standard InChI is InChI=1S/C26H24ClN3O2S/c27-19-10-12-21(13-11-19)33-24-9-5-4-8-22(24)30-25(31)18-23(26(30)32)29-16-14-28(15-17-29)20-6-2-1-3-7-20/h1-13,23H,14-18H2/t23-/m0/s1. The molecular weight excluding hydrogens is 454 g/mol. The smallest absolute Gasteiger partial charge is 0.251 e. The van der Waals surface area contributed by atoms with Crippen LogP contribution in [0, 0.1) is 0 Å². The average Bonchev–Trinajstić information content (AvgIpc) is 3.15. The van der Waals surface area contributed by atoms with Gasteiger partial charge in [0.25, 0.3) is 5.91 Å². The predicted molar refractivity (Wildman–Crippen MR) is 133 cm³/mol. The van der Waals surface area contributed by atoms with E-state index in [1.54, 1.807) is 0 Å². The van der Waals surface area contributed by atoms with Crippen molar-refractivity contribution in [1.82, 2.24) is 4.90 Å². The monoisotopic (exact) mass is 477 g/mol. The Morgan fingerprint density at radius 3 is 2.18 bits per heavy atom. The Morgan fingerprint density at radius 1 is 0.788 bits per heavy atom. The van der Waals surface area contributed by atoms with Gasteiger partial charge in [0.2, 0.25) is 5.91 Å². The lowest BCUT2D eigenvalue weighted by Gasteiger charge is -2.38. The minimum atomic E-state index is -0.399. The topological polar surface area (TPSA) is 43.9 Å². The van der Waals surface area contributed by atoms with Crippen molar-refractivity contribution in [3.05, 3.63) is 83.9 Å². The fourth-order valence-electron chi connectivity index (χ4n) is 4.44. The van der Waals surface area contributed by atoms with Gasteiger partial charge in [-0.05, 0) is 48.5 Å². The average molecular weight is 478 g/mol. The Morgan fingerprint density at radius 2 is 1.45 bits per heavy atom. The van der Waals surface area contributed by atoms with Gasteiger partial charge in [-0.25, -0.2) is 4.90 Å². The Hall–Kier alpha value is -2.80. The Labute approximate surface area is 202 Å². The van der Waals surface area contributed by atoms with Gasteiger partial charge in [-0.1, -0.05) is 53.7 Å². The zero-order valence-corrected chi connectivity index (χ0v) is 19.6. The third-order valence-corrected chi connectivity index (χ3v) is 7.47. The molecule has 2 heterocycles. The number of hydrogen-bond acceptors (Lipinski definition) is 5. The molecule has 0 unspecified atom stereocenters. The van der Waals surface area contributed by atoms with E-state index in [4.69, 9.17) is 11.6 Å². The van der Waals surface area contributed by atoms with Crippen molar-refractivity contribution in [3.8, 4) is 0 Å². The Balaban J connectivity index is 1.31. The highest BCUT2D eigenvalue weighted by Crippen LogP contribution is 2.38. The number of carbonyl (C=O) groups is 2. The van der Waals surface area contributed by atoms with E-state index in [1.807, 2.05) is 66.7 Å². The molecule has 5 rings (SSSR count). The van der Waals surface area contributed by atoms with Crippen LogP contribution in [0.15, 0.2) is 88.7 Å². The first-order valence-corrected chi connectivity index (χ1v) is 12.2. The van der Waals surface area contributed by atoms with Crippen molar-refractivity contribution < 1.29 is 9.59 Å². The molecule has 33 heavy (non-hydrogen) atoms. The van der Waals surface area contributed by atoms with Crippen LogP contribution in [0.2, 0.25) is 5.02 Å². The maximum atomic E-state index is 13.4. The van der Waals surface area contributed by atoms with Crippen LogP contribution < -0.4 is 9.80 Å². The second-order valence-corrected chi connectivity index (χ2v) is 9.72. The Bertz CT molecular complexity index is 1150. The number of nitrogens with zero attached hydrogens (tertiary/aromatic N) is 3. The minimum Gasteiger partial charge on any atom is -0.369 e. The summed E-state index contributed by atoms with van der Waals surface area (Å²) in [5.74, 6) is -0.267. The fraction of sp³-hybridized carbons (Fsp3) is 0.231. The summed E-state index contributed by atoms with van der Waals surface area (Å²) in [5, 5.41) is 0.674. The molecule has 1 atom stereocenters. The largest absolute Gasteiger partial charge is 0.369 e. The normalized spacial score (nSPS) is 19.4. The molecule has 0 aliphatic carbocycles. The van der Waals surface area contributed by atoms with Gasteiger partial charge in [-0.3, -0.25) is 14.5 Å². The number of piperazine rings is 1. The summed E-state index contributed by atoms with van der Waals surface area (Å²) in [6.07, 6.45) is 0.226. The number of halogens is 1. The molecular formula is C26H24ClN3O2S. The number of para-hydroxylation sites is 2. The molecule has 3 aromatic carbocycles. The van der Waals surface area contributed by atoms with E-state index >= 15 is 0 Å². The summed E-state index contributed by atoms with van der Waals surface area (Å²) in [4.78, 5) is 34.2. The number of carbonyl (C=O) groups excluding carboxylic acids is 2. The predicted octanol–water partition coefficient (Wildman–Crippen LogP) is 4.95. The molecule has 5 nitrogen and oxygen atoms in total. The van der Waals surface area contributed by atoms with E-state index in [0.717, 1.165) is 36.0 Å². The van der Waals surface area contributed by atoms with E-state index < -0.39 is 6.04 Å². The molecule has 0 spiro atoms. The van der Waals surface area contributed by atoms with Crippen molar-refractivity contribution in [2.75, 3.05) is 36.0 Å². The molecule has 0 radical (unpaired) electrons. The summed E-state index contributed by atoms with van der Waals surface area (Å²) >= 11 is 7.53. The summed E-state index contributed by atoms with van der Waals surface area (Å²) in [7, 11) is 0. The summed E-state index contributed by atoms with van der Waals surface area (Å²) in [6.45, 7) is 3.19. The van der Waals surface area contributed by atoms with Crippen LogP contribution >= 0.6 is 23.4 Å². The molecule has 0 aromatic heterocycles. The molecule has 2 fully saturated rings. The van der Waals surface area contributed by atoms with Crippen LogP contribution in [-0.2, 0) is 9.59 Å². The molecule has 0 saturated carbocycles. The first-order chi connectivity index (χ1) is 16.1. The molecule has 2 saturated heterocycles. The maximum Gasteiger partial charge on any atom is 0.251 e. The number of imide groups is 1. The van der Waals surface area contributed by atoms with Crippen molar-refractivity contribution in [1.29, 1.82) is 0 Å². The van der Waals surface area contributed by atoms with Crippen molar-refractivity contribution in [3.63, 3.8) is 0 Å². The van der Waals surface area contributed by atoms with Crippen LogP contribution in [0.5, 0.6) is 0 Å². The molecule has 2 amide bonds. The quantitative estimate of drug-likeness (QED) is 0.487. The number of rotatable bonds is 5. The van der Waals surface area contributed by atoms with Crippen LogP contribution in [0.25, 0.3) is 0 Å². The third kappa shape index (κ3) is 4.64. The number of amides is 2. The molecule has 0 bridgehead atoms. The number of hydrogen-bond donors (Lipinski definition) is 0. The van der Waals surface area contributed by atoms with Gasteiger partial charge in [0.1, 0.15) is 0 Å². The van der Waals surface area contributed by atoms with E-state index in [0.29, 0.717) is 10.7 Å². The van der Waals surface area contributed by atoms with Crippen molar-refractivity contribution >= 4 is 46.6 Å². The van der Waals surface area contributed by atoms with Gasteiger partial charge >= 0.3 is 0 Å². The highest BCUT2D eigenvalue weighted by Gasteiger charge is 2.44. The van der Waals surface area contributed by atoms with Crippen LogP contribution in [-0.4, -0.2) is 48.9 Å². The van der Waals surface area contributed by atoms with E-state index in [2.05, 4.69) is 21.9 Å². The van der Waals surface area contributed by atoms with Gasteiger partial charge in [-0.15, -0.1) is 0 Å². The highest BCUT2D eigenvalue weighted by molar-refractivity contribution is 7.99. The maximum absolute atomic E-state index is 13.4. The minimum absolute atomic E-state index is 0.127. The summed E-state index contributed by atoms with van der Waals surface area (Å²) in [6, 6.07) is 25.0. The second kappa shape index (κ2) is 9.59. The van der Waals surface area contributed by atoms with E-state index in [-0.39, 0.29) is 18.2 Å². The lowest BCUT2D eigenvalue weighted by Crippen LogP contribution is -2.52. The van der Waals surface area contributed by atoms with Crippen LogP contribution in [0.1, 0.15) is 6.42 Å². The molecule has 3 aromatic rings. The van der Waals surface area contributed by atoms with E-state index in [9.17, 15) is 9.59 Å². The van der Waals surface area contributed by atoms with Crippen molar-refractivity contribution in [2.45, 2.75) is 22.3 Å². The van der Waals surface area contributed by atoms with Gasteiger partial charge < -0.3 is 4.90 Å². The van der Waals surface area contributed by atoms with Gasteiger partial charge in [-0.2, -0.15) is 0 Å². The highest BCUT2D eigenvalue weighted by atomic mass is 35.5. The van der Waals surface area contributed by atoms with Crippen LogP contribution in [0.3, 0.4) is 0 Å². The third-order valence-electron chi connectivity index (χ3n) is 6.15. The fourth-order valence-corrected chi connectivity index (χ4v) is 5.51. The number of benzene rings is 3. The Kier molecular flexibility index (Phi) is 6.40. The second-order valence-electron chi connectivity index (χ2n) is 8.17. The van der Waals surface area contributed by atoms with Crippen LogP contribution in [0.4, 0.5) is 11.4 Å². The SMILES string of the molecule is O=C1C[C@H](N2CCN(c3ccccc3)CC2)C(=O)N1c1ccccc1Sc1ccc(Cl)cc1. The van der Waals surface area contributed by atoms with Crippen molar-refractivity contribution in [2.24, 2.45) is 0 Å². The molecule has 2 aliphatic rings. The van der Waals surface area contributed by atoms with Gasteiger partial charge in [0.15, 0.2) is 0 Å². The first kappa shape index (κ1) is 22.0. The first-order valence-electron chi connectivity index (χ1n) is 11.0. The van der Waals surface area contributed by atoms with Gasteiger partial charge in [0.05, 0.1) is 18.2 Å². The van der Waals surface area contributed by atoms with Gasteiger partial charge in [0, 0.05) is 46.7 Å². The summed E-state index contributed by atoms with van der Waals surface area (Å²) < 4.78 is 0. The lowest BCUT2D eigenvalue weighted by molar-refractivity contribution is -0.123. The molecule has 7 heteroatoms. The molecule has 2 aliphatic heterocycles. The molecule has 0 N–H and O–H groups in total. The van der Waals surface area contributed by atoms with E-state index in [1.165, 1.54) is 22.3 Å². The number of anilines is 2. The summed E-state index contributed by atoms with van der Waals surface area (Å²) in [5.41, 5.74) is 1.85. The lowest BCUT2D eigenvalue weighted by atomic mass is 10.1.